The fraction of sp³-hybridized carbons (Fsp3) is 0.933. The normalized spacial score (nSPS) is 23.5. The lowest BCUT2D eigenvalue weighted by Gasteiger charge is -2.39. The zero-order chi connectivity index (χ0) is 13.7. The molecule has 1 heterocycles. The first kappa shape index (κ1) is 15.0. The van der Waals surface area contributed by atoms with Gasteiger partial charge in [0, 0.05) is 36.7 Å². The zero-order valence-electron chi connectivity index (χ0n) is 12.7. The van der Waals surface area contributed by atoms with Gasteiger partial charge in [-0.2, -0.15) is 11.8 Å². The maximum absolute atomic E-state index is 4.82. The van der Waals surface area contributed by atoms with Crippen LogP contribution in [0.25, 0.3) is 0 Å². The molecule has 1 saturated carbocycles. The van der Waals surface area contributed by atoms with Gasteiger partial charge in [0.15, 0.2) is 5.96 Å². The van der Waals surface area contributed by atoms with Crippen LogP contribution in [0.2, 0.25) is 0 Å². The van der Waals surface area contributed by atoms with Crippen LogP contribution >= 0.6 is 11.8 Å². The average Bonchev–Trinajstić information content (AvgIpc) is 3.16. The lowest BCUT2D eigenvalue weighted by atomic mass is 10.2. The summed E-state index contributed by atoms with van der Waals surface area (Å²) in [5, 5.41) is 3.46. The highest BCUT2D eigenvalue weighted by Crippen LogP contribution is 2.33. The van der Waals surface area contributed by atoms with Gasteiger partial charge in [-0.1, -0.05) is 12.8 Å². The first-order chi connectivity index (χ1) is 9.11. The summed E-state index contributed by atoms with van der Waals surface area (Å²) in [6.45, 7) is 11.0. The van der Waals surface area contributed by atoms with E-state index in [4.69, 9.17) is 4.99 Å². The molecule has 0 atom stereocenters. The van der Waals surface area contributed by atoms with Gasteiger partial charge in [0.05, 0.1) is 0 Å². The number of nitrogens with zero attached hydrogens (tertiary/aromatic N) is 2. The van der Waals surface area contributed by atoms with Gasteiger partial charge < -0.3 is 10.2 Å². The zero-order valence-corrected chi connectivity index (χ0v) is 13.6. The maximum Gasteiger partial charge on any atom is 0.193 e. The molecular weight excluding hydrogens is 254 g/mol. The SMILES string of the molecule is CCNC(=NCCCC1CC1)N1CCSC(C)(C)C1. The average molecular weight is 283 g/mol. The molecule has 2 rings (SSSR count). The highest BCUT2D eigenvalue weighted by Gasteiger charge is 2.28. The largest absolute Gasteiger partial charge is 0.357 e. The van der Waals surface area contributed by atoms with E-state index in [0.29, 0.717) is 4.75 Å². The summed E-state index contributed by atoms with van der Waals surface area (Å²) in [6.07, 6.45) is 5.55. The molecule has 2 aliphatic rings. The van der Waals surface area contributed by atoms with Crippen molar-refractivity contribution in [1.82, 2.24) is 10.2 Å². The number of hydrogen-bond donors (Lipinski definition) is 1. The molecule has 110 valence electrons. The van der Waals surface area contributed by atoms with Crippen molar-refractivity contribution in [3.63, 3.8) is 0 Å². The van der Waals surface area contributed by atoms with Crippen molar-refractivity contribution in [3.8, 4) is 0 Å². The predicted molar refractivity (Wildman–Crippen MR) is 86.0 cm³/mol. The summed E-state index contributed by atoms with van der Waals surface area (Å²) in [5.41, 5.74) is 0. The molecule has 0 aromatic rings. The first-order valence-electron chi connectivity index (χ1n) is 7.78. The second-order valence-corrected chi connectivity index (χ2v) is 8.15. The predicted octanol–water partition coefficient (Wildman–Crippen LogP) is 2.97. The molecule has 0 aromatic heterocycles. The van der Waals surface area contributed by atoms with Crippen LogP contribution in [0, 0.1) is 5.92 Å². The number of nitrogens with one attached hydrogen (secondary N) is 1. The van der Waals surface area contributed by atoms with Gasteiger partial charge in [-0.05, 0) is 39.5 Å². The van der Waals surface area contributed by atoms with Crippen LogP contribution in [0.4, 0.5) is 0 Å². The monoisotopic (exact) mass is 283 g/mol. The Morgan fingerprint density at radius 3 is 2.84 bits per heavy atom. The fourth-order valence-electron chi connectivity index (χ4n) is 2.59. The Labute approximate surface area is 122 Å². The minimum Gasteiger partial charge on any atom is -0.357 e. The van der Waals surface area contributed by atoms with Gasteiger partial charge in [0.25, 0.3) is 0 Å². The Morgan fingerprint density at radius 2 is 2.21 bits per heavy atom. The van der Waals surface area contributed by atoms with Crippen molar-refractivity contribution >= 4 is 17.7 Å². The van der Waals surface area contributed by atoms with Crippen molar-refractivity contribution in [2.45, 2.75) is 51.2 Å². The van der Waals surface area contributed by atoms with Crippen molar-refractivity contribution in [2.75, 3.05) is 31.9 Å². The van der Waals surface area contributed by atoms with E-state index < -0.39 is 0 Å². The number of aliphatic imine (C=N–C) groups is 1. The maximum atomic E-state index is 4.82. The molecular formula is C15H29N3S. The standard InChI is InChI=1S/C15H29N3S/c1-4-16-14(17-9-5-6-13-7-8-13)18-10-11-19-15(2,3)12-18/h13H,4-12H2,1-3H3,(H,16,17). The van der Waals surface area contributed by atoms with Gasteiger partial charge in [0.1, 0.15) is 0 Å². The Kier molecular flexibility index (Phi) is 5.43. The smallest absolute Gasteiger partial charge is 0.193 e. The van der Waals surface area contributed by atoms with Gasteiger partial charge in [-0.15, -0.1) is 0 Å². The fourth-order valence-corrected chi connectivity index (χ4v) is 3.71. The molecule has 0 amide bonds. The molecule has 3 nitrogen and oxygen atoms in total. The Balaban J connectivity index is 1.83. The van der Waals surface area contributed by atoms with Crippen molar-refractivity contribution in [2.24, 2.45) is 10.9 Å². The van der Waals surface area contributed by atoms with Crippen LogP contribution < -0.4 is 5.32 Å². The second kappa shape index (κ2) is 6.87. The molecule has 0 aromatic carbocycles. The van der Waals surface area contributed by atoms with Gasteiger partial charge in [-0.3, -0.25) is 4.99 Å². The van der Waals surface area contributed by atoms with Crippen molar-refractivity contribution in [1.29, 1.82) is 0 Å². The summed E-state index contributed by atoms with van der Waals surface area (Å²) in [4.78, 5) is 7.27. The molecule has 0 radical (unpaired) electrons. The number of rotatable bonds is 5. The summed E-state index contributed by atoms with van der Waals surface area (Å²) >= 11 is 2.08. The topological polar surface area (TPSA) is 27.6 Å². The Hall–Kier alpha value is -0.380. The molecule has 1 N–H and O–H groups in total. The van der Waals surface area contributed by atoms with Crippen LogP contribution in [-0.4, -0.2) is 47.5 Å². The van der Waals surface area contributed by atoms with Gasteiger partial charge in [-0.25, -0.2) is 0 Å². The molecule has 19 heavy (non-hydrogen) atoms. The van der Waals surface area contributed by atoms with E-state index >= 15 is 0 Å². The van der Waals surface area contributed by atoms with E-state index in [2.05, 4.69) is 42.7 Å². The van der Waals surface area contributed by atoms with Crippen LogP contribution in [0.15, 0.2) is 4.99 Å². The third-order valence-corrected chi connectivity index (χ3v) is 5.09. The van der Waals surface area contributed by atoms with Crippen LogP contribution in [0.1, 0.15) is 46.5 Å². The summed E-state index contributed by atoms with van der Waals surface area (Å²) in [6, 6.07) is 0. The summed E-state index contributed by atoms with van der Waals surface area (Å²) < 4.78 is 0.350. The van der Waals surface area contributed by atoms with Crippen LogP contribution in [-0.2, 0) is 0 Å². The van der Waals surface area contributed by atoms with Crippen molar-refractivity contribution < 1.29 is 0 Å². The Morgan fingerprint density at radius 1 is 1.42 bits per heavy atom. The van der Waals surface area contributed by atoms with E-state index in [9.17, 15) is 0 Å². The van der Waals surface area contributed by atoms with E-state index in [0.717, 1.165) is 38.1 Å². The van der Waals surface area contributed by atoms with Crippen LogP contribution in [0.5, 0.6) is 0 Å². The highest BCUT2D eigenvalue weighted by atomic mass is 32.2. The lowest BCUT2D eigenvalue weighted by molar-refractivity contribution is 0.375. The Bertz CT molecular complexity index is 311. The van der Waals surface area contributed by atoms with Gasteiger partial charge in [0.2, 0.25) is 0 Å². The third kappa shape index (κ3) is 5.25. The molecule has 0 spiro atoms. The molecule has 1 aliphatic heterocycles. The number of hydrogen-bond acceptors (Lipinski definition) is 2. The van der Waals surface area contributed by atoms with Crippen LogP contribution in [0.3, 0.4) is 0 Å². The molecule has 4 heteroatoms. The third-order valence-electron chi connectivity index (χ3n) is 3.79. The van der Waals surface area contributed by atoms with E-state index in [1.165, 1.54) is 31.4 Å². The van der Waals surface area contributed by atoms with Gasteiger partial charge >= 0.3 is 0 Å². The first-order valence-corrected chi connectivity index (χ1v) is 8.76. The molecule has 0 unspecified atom stereocenters. The quantitative estimate of drug-likeness (QED) is 0.477. The molecule has 1 aliphatic carbocycles. The van der Waals surface area contributed by atoms with E-state index in [-0.39, 0.29) is 0 Å². The highest BCUT2D eigenvalue weighted by molar-refractivity contribution is 8.00. The second-order valence-electron chi connectivity index (χ2n) is 6.35. The lowest BCUT2D eigenvalue weighted by Crippen LogP contribution is -2.51. The molecule has 2 fully saturated rings. The van der Waals surface area contributed by atoms with Crippen molar-refractivity contribution in [3.05, 3.63) is 0 Å². The van der Waals surface area contributed by atoms with E-state index in [1.54, 1.807) is 0 Å². The molecule has 0 bridgehead atoms. The summed E-state index contributed by atoms with van der Waals surface area (Å²) in [5.74, 6) is 3.37. The summed E-state index contributed by atoms with van der Waals surface area (Å²) in [7, 11) is 0. The minimum absolute atomic E-state index is 0.350. The number of guanidine groups is 1. The van der Waals surface area contributed by atoms with E-state index in [1.807, 2.05) is 0 Å². The number of thioether (sulfide) groups is 1. The molecule has 1 saturated heterocycles. The minimum atomic E-state index is 0.350.